The summed E-state index contributed by atoms with van der Waals surface area (Å²) in [5, 5.41) is -0.0801. The number of benzene rings is 2. The molecule has 1 heterocycles. The van der Waals surface area contributed by atoms with Crippen molar-refractivity contribution in [2.45, 2.75) is 19.2 Å². The maximum atomic E-state index is 13.9. The zero-order valence-corrected chi connectivity index (χ0v) is 16.9. The van der Waals surface area contributed by atoms with Gasteiger partial charge in [-0.2, -0.15) is 4.98 Å². The van der Waals surface area contributed by atoms with Crippen molar-refractivity contribution >= 4 is 28.9 Å². The maximum Gasteiger partial charge on any atom is 0.573 e. The lowest BCUT2D eigenvalue weighted by Gasteiger charge is -2.19. The number of Topliss-reactive ketones (excluding diaryl/α,β-unsaturated/α-hetero) is 1. The molecule has 1 aromatic heterocycles. The van der Waals surface area contributed by atoms with Gasteiger partial charge in [0.1, 0.15) is 11.5 Å². The molecule has 0 aliphatic rings. The van der Waals surface area contributed by atoms with Crippen molar-refractivity contribution in [3.8, 4) is 5.75 Å². The number of rotatable bonds is 7. The number of nitrogens with zero attached hydrogens (tertiary/aromatic N) is 3. The summed E-state index contributed by atoms with van der Waals surface area (Å²) in [7, 11) is 1.62. The number of ether oxygens (including phenoxy) is 1. The molecule has 0 bridgehead atoms. The largest absolute Gasteiger partial charge is 0.573 e. The Bertz CT molecular complexity index is 1060. The molecule has 3 rings (SSSR count). The zero-order valence-electron chi connectivity index (χ0n) is 16.2. The van der Waals surface area contributed by atoms with Crippen molar-refractivity contribution in [2.75, 3.05) is 11.9 Å². The van der Waals surface area contributed by atoms with Crippen LogP contribution in [0.25, 0.3) is 0 Å². The summed E-state index contributed by atoms with van der Waals surface area (Å²) >= 11 is 5.72. The van der Waals surface area contributed by atoms with Crippen LogP contribution in [0.3, 0.4) is 0 Å². The van der Waals surface area contributed by atoms with Gasteiger partial charge in [0.05, 0.1) is 6.20 Å². The van der Waals surface area contributed by atoms with E-state index in [2.05, 4.69) is 14.7 Å². The number of hydrogen-bond acceptors (Lipinski definition) is 5. The molecule has 0 spiro atoms. The predicted octanol–water partition coefficient (Wildman–Crippen LogP) is 5.29. The van der Waals surface area contributed by atoms with Gasteiger partial charge in [-0.3, -0.25) is 4.79 Å². The summed E-state index contributed by atoms with van der Waals surface area (Å²) in [6, 6.07) is 12.0. The highest BCUT2D eigenvalue weighted by Crippen LogP contribution is 2.26. The number of hydrogen-bond donors (Lipinski definition) is 0. The first-order valence-corrected chi connectivity index (χ1v) is 9.35. The summed E-state index contributed by atoms with van der Waals surface area (Å²) in [5.41, 5.74) is 1.94. The van der Waals surface area contributed by atoms with Gasteiger partial charge in [0.15, 0.2) is 11.6 Å². The Morgan fingerprint density at radius 1 is 1.03 bits per heavy atom. The minimum Gasteiger partial charge on any atom is -0.406 e. The van der Waals surface area contributed by atoms with Crippen LogP contribution in [0, 0.1) is 5.82 Å². The zero-order chi connectivity index (χ0) is 22.6. The molecule has 0 amide bonds. The first-order valence-electron chi connectivity index (χ1n) is 8.98. The lowest BCUT2D eigenvalue weighted by molar-refractivity contribution is -0.274. The van der Waals surface area contributed by atoms with Crippen molar-refractivity contribution in [3.63, 3.8) is 0 Å². The van der Waals surface area contributed by atoms with Crippen LogP contribution >= 0.6 is 11.6 Å². The Labute approximate surface area is 180 Å². The van der Waals surface area contributed by atoms with E-state index in [4.69, 9.17) is 11.6 Å². The lowest BCUT2D eigenvalue weighted by atomic mass is 10.0. The van der Waals surface area contributed by atoms with Crippen molar-refractivity contribution in [3.05, 3.63) is 77.0 Å². The molecule has 0 N–H and O–H groups in total. The van der Waals surface area contributed by atoms with Crippen LogP contribution in [0.4, 0.5) is 29.1 Å². The summed E-state index contributed by atoms with van der Waals surface area (Å²) < 4.78 is 54.3. The molecule has 0 aliphatic heterocycles. The molecule has 2 aromatic carbocycles. The first-order chi connectivity index (χ1) is 14.6. The van der Waals surface area contributed by atoms with E-state index in [-0.39, 0.29) is 35.5 Å². The van der Waals surface area contributed by atoms with Gasteiger partial charge >= 0.3 is 6.36 Å². The first kappa shape index (κ1) is 22.5. The van der Waals surface area contributed by atoms with Crippen LogP contribution in [0.2, 0.25) is 5.28 Å². The van der Waals surface area contributed by atoms with Crippen molar-refractivity contribution in [1.82, 2.24) is 9.97 Å². The van der Waals surface area contributed by atoms with Crippen LogP contribution in [0.15, 0.2) is 54.7 Å². The number of ketones is 1. The topological polar surface area (TPSA) is 55.3 Å². The molecule has 0 saturated heterocycles. The minimum absolute atomic E-state index is 0.0155. The third-order valence-corrected chi connectivity index (χ3v) is 4.48. The average molecular weight is 454 g/mol. The molecule has 5 nitrogen and oxygen atoms in total. The highest BCUT2D eigenvalue weighted by molar-refractivity contribution is 6.28. The second kappa shape index (κ2) is 9.30. The van der Waals surface area contributed by atoms with Gasteiger partial charge in [0.25, 0.3) is 0 Å². The van der Waals surface area contributed by atoms with Crippen molar-refractivity contribution in [2.24, 2.45) is 0 Å². The Balaban J connectivity index is 1.60. The predicted molar refractivity (Wildman–Crippen MR) is 107 cm³/mol. The monoisotopic (exact) mass is 453 g/mol. The molecule has 3 aromatic rings. The van der Waals surface area contributed by atoms with E-state index in [0.717, 1.165) is 11.8 Å². The third-order valence-electron chi connectivity index (χ3n) is 4.30. The molecule has 0 radical (unpaired) electrons. The van der Waals surface area contributed by atoms with Gasteiger partial charge in [-0.05, 0) is 47.0 Å². The normalized spacial score (nSPS) is 11.3. The van der Waals surface area contributed by atoms with Crippen molar-refractivity contribution < 1.29 is 27.1 Å². The number of anilines is 2. The summed E-state index contributed by atoms with van der Waals surface area (Å²) in [4.78, 5) is 21.3. The highest BCUT2D eigenvalue weighted by atomic mass is 35.5. The second-order valence-corrected chi connectivity index (χ2v) is 6.96. The molecule has 0 atom stereocenters. The van der Waals surface area contributed by atoms with Crippen LogP contribution in [0.1, 0.15) is 11.1 Å². The van der Waals surface area contributed by atoms with E-state index in [0.29, 0.717) is 11.3 Å². The number of carbonyl (C=O) groups excluding carboxylic acids is 1. The standard InChI is InChI=1S/C21H16ClF4N3O2/c1-29(19-18(23)12-27-20(22)28-19)15-6-2-13(3-7-15)10-16(30)11-14-4-8-17(9-5-14)31-21(24,25)26/h2-9,12H,10-11H2,1H3. The maximum absolute atomic E-state index is 13.9. The molecular weight excluding hydrogens is 438 g/mol. The van der Waals surface area contributed by atoms with Crippen LogP contribution in [-0.4, -0.2) is 29.2 Å². The fourth-order valence-corrected chi connectivity index (χ4v) is 2.99. The van der Waals surface area contributed by atoms with E-state index in [1.165, 1.54) is 29.2 Å². The fraction of sp³-hybridized carbons (Fsp3) is 0.190. The van der Waals surface area contributed by atoms with Gasteiger partial charge in [-0.15, -0.1) is 13.2 Å². The van der Waals surface area contributed by atoms with E-state index >= 15 is 0 Å². The quantitative estimate of drug-likeness (QED) is 0.359. The molecule has 31 heavy (non-hydrogen) atoms. The third kappa shape index (κ3) is 6.39. The smallest absolute Gasteiger partial charge is 0.406 e. The van der Waals surface area contributed by atoms with E-state index in [9.17, 15) is 22.4 Å². The molecule has 0 unspecified atom stereocenters. The summed E-state index contributed by atoms with van der Waals surface area (Å²) in [6.07, 6.45) is -3.57. The van der Waals surface area contributed by atoms with Gasteiger partial charge in [0.2, 0.25) is 5.28 Å². The number of halogens is 5. The van der Waals surface area contributed by atoms with E-state index in [1.54, 1.807) is 31.3 Å². The number of carbonyl (C=O) groups is 1. The number of aromatic nitrogens is 2. The van der Waals surface area contributed by atoms with Crippen LogP contribution in [0.5, 0.6) is 5.75 Å². The van der Waals surface area contributed by atoms with Crippen molar-refractivity contribution in [1.29, 1.82) is 0 Å². The number of alkyl halides is 3. The van der Waals surface area contributed by atoms with E-state index in [1.807, 2.05) is 0 Å². The molecule has 162 valence electrons. The van der Waals surface area contributed by atoms with Gasteiger partial charge in [-0.1, -0.05) is 24.3 Å². The Morgan fingerprint density at radius 2 is 1.58 bits per heavy atom. The summed E-state index contributed by atoms with van der Waals surface area (Å²) in [5.74, 6) is -1.07. The Kier molecular flexibility index (Phi) is 6.74. The molecule has 10 heteroatoms. The SMILES string of the molecule is CN(c1ccc(CC(=O)Cc2ccc(OC(F)(F)F)cc2)cc1)c1nc(Cl)ncc1F. The lowest BCUT2D eigenvalue weighted by Crippen LogP contribution is -2.17. The average Bonchev–Trinajstić information content (AvgIpc) is 2.70. The second-order valence-electron chi connectivity index (χ2n) is 6.62. The summed E-state index contributed by atoms with van der Waals surface area (Å²) in [6.45, 7) is 0. The fourth-order valence-electron chi connectivity index (χ4n) is 2.86. The van der Waals surface area contributed by atoms with Gasteiger partial charge in [0, 0.05) is 25.6 Å². The molecular formula is C21H16ClF4N3O2. The van der Waals surface area contributed by atoms with Crippen LogP contribution in [-0.2, 0) is 17.6 Å². The Hall–Kier alpha value is -3.20. The molecule has 0 fully saturated rings. The molecule has 0 saturated carbocycles. The van der Waals surface area contributed by atoms with Gasteiger partial charge in [-0.25, -0.2) is 9.37 Å². The minimum atomic E-state index is -4.76. The van der Waals surface area contributed by atoms with Crippen LogP contribution < -0.4 is 9.64 Å². The van der Waals surface area contributed by atoms with E-state index < -0.39 is 12.2 Å². The Morgan fingerprint density at radius 3 is 2.13 bits per heavy atom. The highest BCUT2D eigenvalue weighted by Gasteiger charge is 2.30. The molecule has 0 aliphatic carbocycles. The van der Waals surface area contributed by atoms with Gasteiger partial charge < -0.3 is 9.64 Å².